The van der Waals surface area contributed by atoms with E-state index in [1.165, 1.54) is 12.1 Å². The summed E-state index contributed by atoms with van der Waals surface area (Å²) in [6, 6.07) is 4.07. The number of ether oxygens (including phenoxy) is 1. The highest BCUT2D eigenvalue weighted by atomic mass is 19.1. The number of anilines is 1. The molecule has 1 fully saturated rings. The van der Waals surface area contributed by atoms with Crippen LogP contribution in [-0.2, 0) is 20.7 Å². The molecule has 2 N–H and O–H groups in total. The fourth-order valence-electron chi connectivity index (χ4n) is 2.53. The molecule has 0 bridgehead atoms. The second-order valence-electron chi connectivity index (χ2n) is 5.52. The van der Waals surface area contributed by atoms with Gasteiger partial charge in [0.15, 0.2) is 0 Å². The van der Waals surface area contributed by atoms with Crippen LogP contribution in [0.25, 0.3) is 0 Å². The van der Waals surface area contributed by atoms with E-state index in [-0.39, 0.29) is 17.9 Å². The van der Waals surface area contributed by atoms with Crippen molar-refractivity contribution >= 4 is 17.6 Å². The molecule has 120 valence electrons. The molecule has 1 aliphatic heterocycles. The van der Waals surface area contributed by atoms with E-state index in [9.17, 15) is 14.0 Å². The van der Waals surface area contributed by atoms with Crippen molar-refractivity contribution in [2.45, 2.75) is 32.1 Å². The molecule has 22 heavy (non-hydrogen) atoms. The van der Waals surface area contributed by atoms with E-state index >= 15 is 0 Å². The smallest absolute Gasteiger partial charge is 0.307 e. The summed E-state index contributed by atoms with van der Waals surface area (Å²) < 4.78 is 19.0. The molecular weight excluding hydrogens is 289 g/mol. The summed E-state index contributed by atoms with van der Waals surface area (Å²) in [4.78, 5) is 22.4. The Labute approximate surface area is 128 Å². The maximum atomic E-state index is 13.7. The highest BCUT2D eigenvalue weighted by Gasteiger charge is 2.15. The Morgan fingerprint density at radius 3 is 2.68 bits per heavy atom. The first-order chi connectivity index (χ1) is 10.5. The maximum Gasteiger partial charge on any atom is 0.307 e. The van der Waals surface area contributed by atoms with Gasteiger partial charge in [0.25, 0.3) is 0 Å². The molecule has 0 radical (unpaired) electrons. The largest absolute Gasteiger partial charge is 0.481 e. The Morgan fingerprint density at radius 1 is 1.32 bits per heavy atom. The van der Waals surface area contributed by atoms with Crippen LogP contribution in [-0.4, -0.2) is 30.2 Å². The van der Waals surface area contributed by atoms with Crippen LogP contribution in [0.5, 0.6) is 0 Å². The number of benzene rings is 1. The van der Waals surface area contributed by atoms with Crippen LogP contribution in [0.15, 0.2) is 18.2 Å². The van der Waals surface area contributed by atoms with Crippen LogP contribution in [0.3, 0.4) is 0 Å². The molecule has 0 atom stereocenters. The quantitative estimate of drug-likeness (QED) is 0.847. The third-order valence-corrected chi connectivity index (χ3v) is 3.80. The molecule has 2 rings (SSSR count). The van der Waals surface area contributed by atoms with Gasteiger partial charge in [0.2, 0.25) is 5.91 Å². The Bertz CT molecular complexity index is 541. The van der Waals surface area contributed by atoms with Gasteiger partial charge in [0, 0.05) is 25.3 Å². The molecule has 1 aliphatic rings. The first kappa shape index (κ1) is 16.4. The second kappa shape index (κ2) is 7.89. The van der Waals surface area contributed by atoms with Crippen molar-refractivity contribution in [2.24, 2.45) is 5.92 Å². The normalized spacial score (nSPS) is 15.5. The van der Waals surface area contributed by atoms with E-state index in [1.807, 2.05) is 0 Å². The lowest BCUT2D eigenvalue weighted by Crippen LogP contribution is -2.18. The highest BCUT2D eigenvalue weighted by molar-refractivity contribution is 5.90. The van der Waals surface area contributed by atoms with Gasteiger partial charge in [-0.1, -0.05) is 6.07 Å². The number of halogens is 1. The summed E-state index contributed by atoms with van der Waals surface area (Å²) in [7, 11) is 0. The van der Waals surface area contributed by atoms with Crippen molar-refractivity contribution in [2.75, 3.05) is 18.5 Å². The van der Waals surface area contributed by atoms with Crippen molar-refractivity contribution in [1.82, 2.24) is 0 Å². The van der Waals surface area contributed by atoms with Crippen molar-refractivity contribution in [3.63, 3.8) is 0 Å². The van der Waals surface area contributed by atoms with E-state index in [2.05, 4.69) is 5.32 Å². The average molecular weight is 309 g/mol. The standard InChI is InChI=1S/C16H20FNO4/c17-14-10-13(3-2-12(14)9-16(20)21)18-15(19)4-1-11-5-7-22-8-6-11/h2-3,10-11H,1,4-9H2,(H,18,19)(H,20,21). The van der Waals surface area contributed by atoms with E-state index in [4.69, 9.17) is 9.84 Å². The minimum Gasteiger partial charge on any atom is -0.481 e. The predicted octanol–water partition coefficient (Wildman–Crippen LogP) is 2.60. The number of carbonyl (C=O) groups excluding carboxylic acids is 1. The highest BCUT2D eigenvalue weighted by Crippen LogP contribution is 2.21. The Morgan fingerprint density at radius 2 is 2.05 bits per heavy atom. The van der Waals surface area contributed by atoms with Crippen LogP contribution in [0.4, 0.5) is 10.1 Å². The molecular formula is C16H20FNO4. The minimum absolute atomic E-state index is 0.104. The van der Waals surface area contributed by atoms with Gasteiger partial charge in [-0.05, 0) is 42.9 Å². The summed E-state index contributed by atoms with van der Waals surface area (Å²) in [5, 5.41) is 11.3. The summed E-state index contributed by atoms with van der Waals surface area (Å²) in [6.45, 7) is 1.51. The van der Waals surface area contributed by atoms with Crippen LogP contribution >= 0.6 is 0 Å². The van der Waals surface area contributed by atoms with Crippen molar-refractivity contribution < 1.29 is 23.8 Å². The van der Waals surface area contributed by atoms with Gasteiger partial charge < -0.3 is 15.2 Å². The number of carbonyl (C=O) groups is 2. The lowest BCUT2D eigenvalue weighted by molar-refractivity contribution is -0.136. The lowest BCUT2D eigenvalue weighted by atomic mass is 9.95. The molecule has 6 heteroatoms. The number of nitrogens with one attached hydrogen (secondary N) is 1. The number of hydrogen-bond acceptors (Lipinski definition) is 3. The zero-order chi connectivity index (χ0) is 15.9. The summed E-state index contributed by atoms with van der Waals surface area (Å²) >= 11 is 0. The molecule has 1 saturated heterocycles. The van der Waals surface area contributed by atoms with Gasteiger partial charge in [-0.25, -0.2) is 4.39 Å². The number of aliphatic carboxylic acids is 1. The summed E-state index contributed by atoms with van der Waals surface area (Å²) in [5.41, 5.74) is 0.455. The van der Waals surface area contributed by atoms with Crippen LogP contribution in [0, 0.1) is 11.7 Å². The van der Waals surface area contributed by atoms with Gasteiger partial charge in [-0.15, -0.1) is 0 Å². The van der Waals surface area contributed by atoms with Gasteiger partial charge in [-0.3, -0.25) is 9.59 Å². The number of carboxylic acids is 1. The molecule has 5 nitrogen and oxygen atoms in total. The predicted molar refractivity (Wildman–Crippen MR) is 79.1 cm³/mol. The van der Waals surface area contributed by atoms with Crippen molar-refractivity contribution in [3.8, 4) is 0 Å². The average Bonchev–Trinajstić information content (AvgIpc) is 2.49. The Balaban J connectivity index is 1.83. The molecule has 1 heterocycles. The molecule has 0 spiro atoms. The van der Waals surface area contributed by atoms with E-state index in [0.717, 1.165) is 38.5 Å². The third kappa shape index (κ3) is 5.11. The molecule has 0 aromatic heterocycles. The first-order valence-electron chi connectivity index (χ1n) is 7.42. The molecule has 1 aromatic rings. The van der Waals surface area contributed by atoms with Gasteiger partial charge in [-0.2, -0.15) is 0 Å². The fraction of sp³-hybridized carbons (Fsp3) is 0.500. The second-order valence-corrected chi connectivity index (χ2v) is 5.52. The van der Waals surface area contributed by atoms with Gasteiger partial charge >= 0.3 is 5.97 Å². The number of hydrogen-bond donors (Lipinski definition) is 2. The number of rotatable bonds is 6. The number of carboxylic acid groups (broad SMARTS) is 1. The molecule has 0 unspecified atom stereocenters. The monoisotopic (exact) mass is 309 g/mol. The van der Waals surface area contributed by atoms with Crippen LogP contribution in [0.2, 0.25) is 0 Å². The lowest BCUT2D eigenvalue weighted by Gasteiger charge is -2.21. The number of amides is 1. The third-order valence-electron chi connectivity index (χ3n) is 3.80. The molecule has 0 aliphatic carbocycles. The maximum absolute atomic E-state index is 13.7. The zero-order valence-electron chi connectivity index (χ0n) is 12.3. The zero-order valence-corrected chi connectivity index (χ0v) is 12.3. The molecule has 0 saturated carbocycles. The van der Waals surface area contributed by atoms with Crippen LogP contribution < -0.4 is 5.32 Å². The minimum atomic E-state index is -1.09. The molecule has 1 aromatic carbocycles. The Kier molecular flexibility index (Phi) is 5.89. The van der Waals surface area contributed by atoms with Gasteiger partial charge in [0.05, 0.1) is 6.42 Å². The van der Waals surface area contributed by atoms with E-state index < -0.39 is 11.8 Å². The van der Waals surface area contributed by atoms with Crippen molar-refractivity contribution in [1.29, 1.82) is 0 Å². The Hall–Kier alpha value is -1.95. The van der Waals surface area contributed by atoms with Crippen LogP contribution in [0.1, 0.15) is 31.2 Å². The SMILES string of the molecule is O=C(O)Cc1ccc(NC(=O)CCC2CCOCC2)cc1F. The van der Waals surface area contributed by atoms with E-state index in [1.54, 1.807) is 0 Å². The van der Waals surface area contributed by atoms with E-state index in [0.29, 0.717) is 18.0 Å². The topological polar surface area (TPSA) is 75.6 Å². The van der Waals surface area contributed by atoms with Gasteiger partial charge in [0.1, 0.15) is 5.82 Å². The fourth-order valence-corrected chi connectivity index (χ4v) is 2.53. The van der Waals surface area contributed by atoms with Crippen molar-refractivity contribution in [3.05, 3.63) is 29.6 Å². The summed E-state index contributed by atoms with van der Waals surface area (Å²) in [5.74, 6) is -1.36. The first-order valence-corrected chi connectivity index (χ1v) is 7.42. The summed E-state index contributed by atoms with van der Waals surface area (Å²) in [6.07, 6.45) is 2.78. The molecule has 1 amide bonds.